The first-order valence-electron chi connectivity index (χ1n) is 9.78. The van der Waals surface area contributed by atoms with Crippen molar-refractivity contribution in [1.29, 1.82) is 0 Å². The smallest absolute Gasteiger partial charge is 0.251 e. The Hall–Kier alpha value is -3.59. The van der Waals surface area contributed by atoms with E-state index in [0.29, 0.717) is 23.0 Å². The quantitative estimate of drug-likeness (QED) is 0.536. The van der Waals surface area contributed by atoms with Gasteiger partial charge in [0, 0.05) is 29.1 Å². The van der Waals surface area contributed by atoms with Crippen molar-refractivity contribution in [1.82, 2.24) is 30.3 Å². The summed E-state index contributed by atoms with van der Waals surface area (Å²) in [4.78, 5) is 4.30. The molecule has 152 valence electrons. The molecule has 0 radical (unpaired) electrons. The van der Waals surface area contributed by atoms with Crippen molar-refractivity contribution in [3.63, 3.8) is 0 Å². The van der Waals surface area contributed by atoms with E-state index in [9.17, 15) is 4.39 Å². The number of halogens is 1. The molecule has 8 nitrogen and oxygen atoms in total. The van der Waals surface area contributed by atoms with E-state index >= 15 is 0 Å². The van der Waals surface area contributed by atoms with Crippen LogP contribution in [0.1, 0.15) is 18.9 Å². The predicted molar refractivity (Wildman–Crippen MR) is 110 cm³/mol. The minimum atomic E-state index is -0.329. The Morgan fingerprint density at radius 1 is 1.00 bits per heavy atom. The van der Waals surface area contributed by atoms with Crippen LogP contribution in [0.25, 0.3) is 34.0 Å². The molecule has 4 heterocycles. The fourth-order valence-corrected chi connectivity index (χ4v) is 3.60. The van der Waals surface area contributed by atoms with Crippen molar-refractivity contribution in [2.24, 2.45) is 0 Å². The molecule has 1 aromatic carbocycles. The number of anilines is 1. The molecule has 1 saturated heterocycles. The number of aromatic nitrogens is 5. The maximum absolute atomic E-state index is 13.2. The van der Waals surface area contributed by atoms with Crippen molar-refractivity contribution in [3.05, 3.63) is 54.7 Å². The Labute approximate surface area is 172 Å². The van der Waals surface area contributed by atoms with Crippen LogP contribution in [0.15, 0.2) is 53.3 Å². The van der Waals surface area contributed by atoms with E-state index in [-0.39, 0.29) is 17.6 Å². The van der Waals surface area contributed by atoms with Gasteiger partial charge in [-0.15, -0.1) is 10.2 Å². The molecule has 3 aromatic heterocycles. The summed E-state index contributed by atoms with van der Waals surface area (Å²) in [5.74, 6) is 0.504. The summed E-state index contributed by atoms with van der Waals surface area (Å²) < 4.78 is 20.9. The standard InChI is InChI=1S/C21H20FN7O/c22-16-3-1-13(2-4-16)20-27-28-21(30-20)18-9-14(10-25-19(18)23)15-11-26-29(12-15)17-5-7-24-8-6-17/h1-4,9-12,17,24H,5-8H2,(H2,23,25). The minimum absolute atomic E-state index is 0.256. The lowest BCUT2D eigenvalue weighted by Gasteiger charge is -2.22. The summed E-state index contributed by atoms with van der Waals surface area (Å²) in [6.45, 7) is 2.00. The third kappa shape index (κ3) is 3.55. The molecule has 9 heteroatoms. The van der Waals surface area contributed by atoms with Crippen molar-refractivity contribution in [2.45, 2.75) is 18.9 Å². The third-order valence-corrected chi connectivity index (χ3v) is 5.28. The number of piperidine rings is 1. The van der Waals surface area contributed by atoms with E-state index in [2.05, 4.69) is 25.6 Å². The summed E-state index contributed by atoms with van der Waals surface area (Å²) in [6.07, 6.45) is 7.68. The van der Waals surface area contributed by atoms with Gasteiger partial charge in [-0.1, -0.05) is 0 Å². The lowest BCUT2D eigenvalue weighted by molar-refractivity contribution is 0.343. The first-order chi connectivity index (χ1) is 14.7. The number of hydrogen-bond donors (Lipinski definition) is 2. The van der Waals surface area contributed by atoms with E-state index in [1.807, 2.05) is 23.1 Å². The van der Waals surface area contributed by atoms with E-state index in [1.54, 1.807) is 18.3 Å². The van der Waals surface area contributed by atoms with Crippen LogP contribution in [0, 0.1) is 5.82 Å². The second-order valence-electron chi connectivity index (χ2n) is 7.27. The molecule has 5 rings (SSSR count). The van der Waals surface area contributed by atoms with Crippen LogP contribution in [0.2, 0.25) is 0 Å². The molecular weight excluding hydrogens is 385 g/mol. The van der Waals surface area contributed by atoms with Gasteiger partial charge in [-0.25, -0.2) is 9.37 Å². The Kier molecular flexibility index (Phi) is 4.72. The summed E-state index contributed by atoms with van der Waals surface area (Å²) in [5.41, 5.74) is 9.05. The number of rotatable bonds is 4. The van der Waals surface area contributed by atoms with Gasteiger partial charge in [-0.2, -0.15) is 5.10 Å². The SMILES string of the molecule is Nc1ncc(-c2cnn(C3CCNCC3)c2)cc1-c1nnc(-c2ccc(F)cc2)o1. The number of benzene rings is 1. The van der Waals surface area contributed by atoms with Gasteiger partial charge >= 0.3 is 0 Å². The van der Waals surface area contributed by atoms with E-state index in [1.165, 1.54) is 12.1 Å². The maximum Gasteiger partial charge on any atom is 0.251 e. The van der Waals surface area contributed by atoms with Crippen molar-refractivity contribution in [2.75, 3.05) is 18.8 Å². The Morgan fingerprint density at radius 2 is 1.77 bits per heavy atom. The van der Waals surface area contributed by atoms with Crippen molar-refractivity contribution < 1.29 is 8.81 Å². The monoisotopic (exact) mass is 405 g/mol. The fourth-order valence-electron chi connectivity index (χ4n) is 3.60. The van der Waals surface area contributed by atoms with Crippen LogP contribution in [0.5, 0.6) is 0 Å². The molecule has 0 aliphatic carbocycles. The number of nitrogen functional groups attached to an aromatic ring is 1. The largest absolute Gasteiger partial charge is 0.416 e. The topological polar surface area (TPSA) is 108 Å². The van der Waals surface area contributed by atoms with Crippen LogP contribution in [-0.4, -0.2) is 38.1 Å². The van der Waals surface area contributed by atoms with Crippen molar-refractivity contribution >= 4 is 5.82 Å². The van der Waals surface area contributed by atoms with Crippen LogP contribution in [0.4, 0.5) is 10.2 Å². The number of nitrogens with zero attached hydrogens (tertiary/aromatic N) is 5. The summed E-state index contributed by atoms with van der Waals surface area (Å²) in [6, 6.07) is 8.12. The molecule has 30 heavy (non-hydrogen) atoms. The lowest BCUT2D eigenvalue weighted by atomic mass is 10.1. The molecule has 0 amide bonds. The van der Waals surface area contributed by atoms with E-state index < -0.39 is 0 Å². The first-order valence-corrected chi connectivity index (χ1v) is 9.78. The maximum atomic E-state index is 13.2. The number of nitrogens with two attached hydrogens (primary N) is 1. The first kappa shape index (κ1) is 18.4. The molecule has 3 N–H and O–H groups in total. The lowest BCUT2D eigenvalue weighted by Crippen LogP contribution is -2.29. The molecule has 0 saturated carbocycles. The highest BCUT2D eigenvalue weighted by atomic mass is 19.1. The Balaban J connectivity index is 1.44. The molecule has 1 aliphatic rings. The van der Waals surface area contributed by atoms with Crippen LogP contribution < -0.4 is 11.1 Å². The second-order valence-corrected chi connectivity index (χ2v) is 7.27. The summed E-state index contributed by atoms with van der Waals surface area (Å²) in [5, 5.41) is 16.1. The molecular formula is C21H20FN7O. The molecule has 0 unspecified atom stereocenters. The number of hydrogen-bond acceptors (Lipinski definition) is 7. The zero-order chi connectivity index (χ0) is 20.5. The molecule has 0 spiro atoms. The van der Waals surface area contributed by atoms with Crippen molar-refractivity contribution in [3.8, 4) is 34.0 Å². The molecule has 0 atom stereocenters. The van der Waals surface area contributed by atoms with Gasteiger partial charge in [0.15, 0.2) is 0 Å². The van der Waals surface area contributed by atoms with Gasteiger partial charge in [0.25, 0.3) is 5.89 Å². The zero-order valence-electron chi connectivity index (χ0n) is 16.1. The van der Waals surface area contributed by atoms with Gasteiger partial charge in [0.1, 0.15) is 11.6 Å². The molecule has 1 aliphatic heterocycles. The van der Waals surface area contributed by atoms with Crippen LogP contribution in [0.3, 0.4) is 0 Å². The fraction of sp³-hybridized carbons (Fsp3) is 0.238. The predicted octanol–water partition coefficient (Wildman–Crippen LogP) is 3.31. The second kappa shape index (κ2) is 7.68. The van der Waals surface area contributed by atoms with Crippen LogP contribution in [-0.2, 0) is 0 Å². The highest BCUT2D eigenvalue weighted by molar-refractivity contribution is 5.75. The average Bonchev–Trinajstić information content (AvgIpc) is 3.46. The average molecular weight is 405 g/mol. The number of nitrogens with one attached hydrogen (secondary N) is 1. The van der Waals surface area contributed by atoms with Gasteiger partial charge in [0.2, 0.25) is 5.89 Å². The minimum Gasteiger partial charge on any atom is -0.416 e. The summed E-state index contributed by atoms with van der Waals surface area (Å²) in [7, 11) is 0. The Bertz CT molecular complexity index is 1160. The highest BCUT2D eigenvalue weighted by Gasteiger charge is 2.18. The van der Waals surface area contributed by atoms with E-state index in [0.717, 1.165) is 37.1 Å². The molecule has 4 aromatic rings. The molecule has 1 fully saturated rings. The Morgan fingerprint density at radius 3 is 2.57 bits per heavy atom. The van der Waals surface area contributed by atoms with Gasteiger partial charge in [-0.05, 0) is 56.3 Å². The normalized spacial score (nSPS) is 14.8. The van der Waals surface area contributed by atoms with Crippen LogP contribution >= 0.6 is 0 Å². The van der Waals surface area contributed by atoms with Gasteiger partial charge < -0.3 is 15.5 Å². The molecule has 0 bridgehead atoms. The van der Waals surface area contributed by atoms with Gasteiger partial charge in [0.05, 0.1) is 17.8 Å². The third-order valence-electron chi connectivity index (χ3n) is 5.28. The highest BCUT2D eigenvalue weighted by Crippen LogP contribution is 2.31. The van der Waals surface area contributed by atoms with E-state index in [4.69, 9.17) is 10.2 Å². The summed E-state index contributed by atoms with van der Waals surface area (Å²) >= 11 is 0. The number of pyridine rings is 1. The van der Waals surface area contributed by atoms with Gasteiger partial charge in [-0.3, -0.25) is 4.68 Å². The zero-order valence-corrected chi connectivity index (χ0v) is 16.1.